The highest BCUT2D eigenvalue weighted by atomic mass is 35.5. The SMILES string of the molecule is CSN[C@H](C/C=C/c1ccccc1)C(=O)N1C[C@H](OCc2ccc(Cl)cc2)C[C@H]1C(=O)N[C@@H](CCCCN)C(=O)c1nc2ccccc2o1. The summed E-state index contributed by atoms with van der Waals surface area (Å²) in [6.45, 7) is 0.969. The number of nitrogens with one attached hydrogen (secondary N) is 2. The van der Waals surface area contributed by atoms with Crippen molar-refractivity contribution in [3.63, 3.8) is 0 Å². The van der Waals surface area contributed by atoms with Crippen LogP contribution < -0.4 is 15.8 Å². The van der Waals surface area contributed by atoms with Gasteiger partial charge in [0.2, 0.25) is 17.6 Å². The lowest BCUT2D eigenvalue weighted by Crippen LogP contribution is -2.54. The van der Waals surface area contributed by atoms with Crippen molar-refractivity contribution >= 4 is 58.3 Å². The van der Waals surface area contributed by atoms with Crippen LogP contribution in [-0.2, 0) is 20.9 Å². The van der Waals surface area contributed by atoms with E-state index < -0.39 is 35.9 Å². The summed E-state index contributed by atoms with van der Waals surface area (Å²) in [6, 6.07) is 21.9. The molecule has 1 aromatic heterocycles. The highest BCUT2D eigenvalue weighted by Gasteiger charge is 2.43. The van der Waals surface area contributed by atoms with Crippen LogP contribution in [0.5, 0.6) is 0 Å². The number of carbonyl (C=O) groups is 3. The summed E-state index contributed by atoms with van der Waals surface area (Å²) in [5.41, 5.74) is 8.73. The van der Waals surface area contributed by atoms with E-state index in [0.717, 1.165) is 11.1 Å². The van der Waals surface area contributed by atoms with Crippen LogP contribution in [0, 0.1) is 0 Å². The Morgan fingerprint density at radius 1 is 1.06 bits per heavy atom. The van der Waals surface area contributed by atoms with Crippen molar-refractivity contribution in [3.05, 3.63) is 107 Å². The van der Waals surface area contributed by atoms with E-state index in [0.29, 0.717) is 55.0 Å². The number of fused-ring (bicyclic) bond motifs is 1. The van der Waals surface area contributed by atoms with Crippen molar-refractivity contribution < 1.29 is 23.5 Å². The van der Waals surface area contributed by atoms with E-state index in [2.05, 4.69) is 15.0 Å². The quantitative estimate of drug-likeness (QED) is 0.0707. The summed E-state index contributed by atoms with van der Waals surface area (Å²) in [5, 5.41) is 3.57. The summed E-state index contributed by atoms with van der Waals surface area (Å²) in [4.78, 5) is 47.9. The van der Waals surface area contributed by atoms with E-state index in [1.807, 2.05) is 66.9 Å². The predicted octanol–water partition coefficient (Wildman–Crippen LogP) is 5.80. The van der Waals surface area contributed by atoms with Gasteiger partial charge >= 0.3 is 0 Å². The highest BCUT2D eigenvalue weighted by molar-refractivity contribution is 7.96. The first-order valence-corrected chi connectivity index (χ1v) is 18.0. The first kappa shape index (κ1) is 36.3. The number of ketones is 1. The van der Waals surface area contributed by atoms with Crippen LogP contribution >= 0.6 is 23.5 Å². The number of halogens is 1. The van der Waals surface area contributed by atoms with Gasteiger partial charge in [-0.2, -0.15) is 0 Å². The molecule has 4 aromatic rings. The zero-order chi connectivity index (χ0) is 34.6. The number of likely N-dealkylation sites (tertiary alicyclic amines) is 1. The molecule has 4 N–H and O–H groups in total. The Morgan fingerprint density at radius 2 is 1.82 bits per heavy atom. The maximum atomic E-state index is 14.2. The maximum absolute atomic E-state index is 14.2. The molecule has 1 fully saturated rings. The van der Waals surface area contributed by atoms with Crippen LogP contribution in [0.4, 0.5) is 0 Å². The van der Waals surface area contributed by atoms with Crippen molar-refractivity contribution in [1.29, 1.82) is 0 Å². The largest absolute Gasteiger partial charge is 0.434 e. The Bertz CT molecular complexity index is 1680. The number of para-hydroxylation sites is 2. The molecule has 10 nitrogen and oxygen atoms in total. The number of carbonyl (C=O) groups excluding carboxylic acids is 3. The first-order chi connectivity index (χ1) is 23.9. The van der Waals surface area contributed by atoms with Crippen molar-refractivity contribution in [2.24, 2.45) is 5.73 Å². The van der Waals surface area contributed by atoms with Crippen LogP contribution in [0.1, 0.15) is 53.9 Å². The molecule has 0 bridgehead atoms. The van der Waals surface area contributed by atoms with E-state index >= 15 is 0 Å². The van der Waals surface area contributed by atoms with E-state index in [1.54, 1.807) is 35.2 Å². The molecule has 2 amide bonds. The fourth-order valence-electron chi connectivity index (χ4n) is 5.81. The molecular weight excluding hydrogens is 662 g/mol. The molecule has 3 aromatic carbocycles. The molecule has 0 radical (unpaired) electrons. The maximum Gasteiger partial charge on any atom is 0.266 e. The van der Waals surface area contributed by atoms with Gasteiger partial charge in [-0.05, 0) is 73.9 Å². The number of aromatic nitrogens is 1. The van der Waals surface area contributed by atoms with Gasteiger partial charge in [0.1, 0.15) is 11.6 Å². The van der Waals surface area contributed by atoms with E-state index in [9.17, 15) is 14.4 Å². The van der Waals surface area contributed by atoms with Crippen molar-refractivity contribution in [3.8, 4) is 0 Å². The smallest absolute Gasteiger partial charge is 0.266 e. The second-order valence-electron chi connectivity index (χ2n) is 11.9. The monoisotopic (exact) mass is 703 g/mol. The Hall–Kier alpha value is -4.00. The normalized spacial score (nSPS) is 17.4. The van der Waals surface area contributed by atoms with Gasteiger partial charge in [0.05, 0.1) is 24.8 Å². The van der Waals surface area contributed by atoms with Crippen LogP contribution in [-0.4, -0.2) is 71.1 Å². The average molecular weight is 704 g/mol. The zero-order valence-electron chi connectivity index (χ0n) is 27.4. The third kappa shape index (κ3) is 10.0. The Morgan fingerprint density at radius 3 is 2.55 bits per heavy atom. The molecule has 4 atom stereocenters. The third-order valence-corrected chi connectivity index (χ3v) is 9.14. The van der Waals surface area contributed by atoms with Gasteiger partial charge < -0.3 is 25.1 Å². The van der Waals surface area contributed by atoms with Gasteiger partial charge in [-0.3, -0.25) is 19.1 Å². The number of ether oxygens (including phenoxy) is 1. The van der Waals surface area contributed by atoms with Gasteiger partial charge in [0.15, 0.2) is 5.58 Å². The lowest BCUT2D eigenvalue weighted by atomic mass is 10.0. The summed E-state index contributed by atoms with van der Waals surface area (Å²) >= 11 is 7.40. The number of unbranched alkanes of at least 4 members (excludes halogenated alkanes) is 1. The Kier molecular flexibility index (Phi) is 13.4. The minimum atomic E-state index is -0.910. The molecule has 0 spiro atoms. The number of nitrogens with zero attached hydrogens (tertiary/aromatic N) is 2. The number of nitrogens with two attached hydrogens (primary N) is 1. The summed E-state index contributed by atoms with van der Waals surface area (Å²) in [6.07, 6.45) is 7.69. The number of hydrogen-bond acceptors (Lipinski definition) is 9. The molecule has 0 unspecified atom stereocenters. The number of amides is 2. The molecule has 49 heavy (non-hydrogen) atoms. The molecule has 258 valence electrons. The fraction of sp³-hybridized carbons (Fsp3) is 0.351. The first-order valence-electron chi connectivity index (χ1n) is 16.4. The van der Waals surface area contributed by atoms with Crippen molar-refractivity contribution in [2.45, 2.75) is 62.9 Å². The van der Waals surface area contributed by atoms with Gasteiger partial charge in [0, 0.05) is 18.0 Å². The van der Waals surface area contributed by atoms with Gasteiger partial charge in [-0.25, -0.2) is 4.98 Å². The van der Waals surface area contributed by atoms with Crippen LogP contribution in [0.2, 0.25) is 5.02 Å². The van der Waals surface area contributed by atoms with Crippen LogP contribution in [0.15, 0.2) is 89.4 Å². The lowest BCUT2D eigenvalue weighted by molar-refractivity contribution is -0.139. The van der Waals surface area contributed by atoms with Crippen LogP contribution in [0.3, 0.4) is 0 Å². The summed E-state index contributed by atoms with van der Waals surface area (Å²) in [5.74, 6) is -1.16. The number of hydrogen-bond donors (Lipinski definition) is 3. The number of Topliss-reactive ketones (excluding diaryl/α,β-unsaturated/α-hetero) is 1. The number of benzene rings is 3. The zero-order valence-corrected chi connectivity index (χ0v) is 29.0. The molecule has 0 saturated carbocycles. The second-order valence-corrected chi connectivity index (χ2v) is 13.0. The molecular formula is C37H42ClN5O5S. The summed E-state index contributed by atoms with van der Waals surface area (Å²) in [7, 11) is 0. The van der Waals surface area contributed by atoms with Crippen LogP contribution in [0.25, 0.3) is 17.2 Å². The molecule has 1 saturated heterocycles. The predicted molar refractivity (Wildman–Crippen MR) is 194 cm³/mol. The molecule has 12 heteroatoms. The van der Waals surface area contributed by atoms with Gasteiger partial charge in [0.25, 0.3) is 5.89 Å². The van der Waals surface area contributed by atoms with Gasteiger partial charge in [-0.15, -0.1) is 0 Å². The van der Waals surface area contributed by atoms with Gasteiger partial charge in [-0.1, -0.05) is 90.3 Å². The Labute approximate surface area is 295 Å². The van der Waals surface area contributed by atoms with Crippen molar-refractivity contribution in [1.82, 2.24) is 19.9 Å². The molecule has 1 aliphatic rings. The van der Waals surface area contributed by atoms with E-state index in [-0.39, 0.29) is 24.8 Å². The summed E-state index contributed by atoms with van der Waals surface area (Å²) < 4.78 is 15.2. The number of oxazole rings is 1. The van der Waals surface area contributed by atoms with Crippen molar-refractivity contribution in [2.75, 3.05) is 19.3 Å². The Balaban J connectivity index is 1.35. The minimum Gasteiger partial charge on any atom is -0.434 e. The third-order valence-electron chi connectivity index (χ3n) is 8.37. The minimum absolute atomic E-state index is 0.0720. The lowest BCUT2D eigenvalue weighted by Gasteiger charge is -2.29. The van der Waals surface area contributed by atoms with E-state index in [4.69, 9.17) is 26.5 Å². The number of rotatable bonds is 17. The fourth-order valence-corrected chi connectivity index (χ4v) is 6.41. The average Bonchev–Trinajstić information content (AvgIpc) is 3.76. The molecule has 1 aliphatic heterocycles. The topological polar surface area (TPSA) is 140 Å². The standard InChI is InChI=1S/C37H42ClN5O5S/c1-49-42-31(15-9-12-25-10-3-2-4-11-25)37(46)43-23-28(47-24-26-17-19-27(38)20-18-26)22-32(43)35(45)40-30(14-7-8-21-39)34(44)36-41-29-13-5-6-16-33(29)48-36/h2-6,9-13,16-20,28,30-32,42H,7-8,14-15,21-24,39H2,1H3,(H,40,45)/b12-9+/t28-,30+,31-,32+/m1/s1. The molecule has 0 aliphatic carbocycles. The molecule has 2 heterocycles. The second kappa shape index (κ2) is 18.1. The van der Waals surface area contributed by atoms with E-state index in [1.165, 1.54) is 11.9 Å². The highest BCUT2D eigenvalue weighted by Crippen LogP contribution is 2.25. The molecule has 5 rings (SSSR count).